The maximum absolute atomic E-state index is 4.46. The molecule has 2 aromatic rings. The molecule has 2 heterocycles. The molecule has 0 aromatic carbocycles. The van der Waals surface area contributed by atoms with E-state index in [0.29, 0.717) is 11.8 Å². The minimum absolute atomic E-state index is 0.675. The Bertz CT molecular complexity index is 554. The van der Waals surface area contributed by atoms with Gasteiger partial charge in [-0.2, -0.15) is 0 Å². The van der Waals surface area contributed by atoms with Crippen molar-refractivity contribution in [1.82, 2.24) is 9.97 Å². The van der Waals surface area contributed by atoms with E-state index in [1.807, 2.05) is 12.4 Å². The third-order valence-electron chi connectivity index (χ3n) is 3.62. The van der Waals surface area contributed by atoms with Gasteiger partial charge in [-0.15, -0.1) is 22.7 Å². The van der Waals surface area contributed by atoms with Crippen molar-refractivity contribution in [2.45, 2.75) is 12.8 Å². The van der Waals surface area contributed by atoms with Crippen molar-refractivity contribution in [1.29, 1.82) is 0 Å². The Morgan fingerprint density at radius 3 is 1.89 bits per heavy atom. The molecule has 2 atom stereocenters. The smallest absolute Gasteiger partial charge is 0.119 e. The van der Waals surface area contributed by atoms with Crippen molar-refractivity contribution in [3.63, 3.8) is 0 Å². The van der Waals surface area contributed by atoms with Gasteiger partial charge in [-0.05, 0) is 35.8 Å². The van der Waals surface area contributed by atoms with Gasteiger partial charge in [0.05, 0.1) is 0 Å². The fourth-order valence-corrected chi connectivity index (χ4v) is 4.21. The zero-order chi connectivity index (χ0) is 11.9. The van der Waals surface area contributed by atoms with Gasteiger partial charge in [0.25, 0.3) is 0 Å². The molecule has 4 heteroatoms. The lowest BCUT2D eigenvalue weighted by Crippen LogP contribution is -1.90. The van der Waals surface area contributed by atoms with Crippen LogP contribution >= 0.6 is 22.7 Å². The van der Waals surface area contributed by atoms with Gasteiger partial charge in [0, 0.05) is 23.2 Å². The predicted octanol–water partition coefficient (Wildman–Crippen LogP) is 4.11. The summed E-state index contributed by atoms with van der Waals surface area (Å²) in [7, 11) is 0. The number of hydrogen-bond donors (Lipinski definition) is 0. The lowest BCUT2D eigenvalue weighted by Gasteiger charge is -2.02. The van der Waals surface area contributed by atoms with Gasteiger partial charge in [-0.1, -0.05) is 12.2 Å². The zero-order valence-corrected chi connectivity index (χ0v) is 11.4. The summed E-state index contributed by atoms with van der Waals surface area (Å²) in [5.74, 6) is 1.35. The number of hydrogen-bond acceptors (Lipinski definition) is 4. The van der Waals surface area contributed by atoms with Crippen LogP contribution in [-0.2, 0) is 0 Å². The van der Waals surface area contributed by atoms with Gasteiger partial charge in [-0.25, -0.2) is 9.97 Å². The molecule has 0 saturated heterocycles. The van der Waals surface area contributed by atoms with E-state index in [2.05, 4.69) is 32.9 Å². The molecule has 1 saturated carbocycles. The quantitative estimate of drug-likeness (QED) is 0.822. The van der Waals surface area contributed by atoms with E-state index < -0.39 is 0 Å². The molecule has 18 heavy (non-hydrogen) atoms. The Morgan fingerprint density at radius 1 is 0.889 bits per heavy atom. The molecule has 90 valence electrons. The fraction of sp³-hybridized carbons (Fsp3) is 0.286. The number of rotatable bonds is 2. The number of allylic oxidation sites excluding steroid dienone is 4. The number of thiazole rings is 2. The first-order chi connectivity index (χ1) is 8.93. The van der Waals surface area contributed by atoms with Gasteiger partial charge in [0.15, 0.2) is 0 Å². The highest BCUT2D eigenvalue weighted by Crippen LogP contribution is 2.56. The van der Waals surface area contributed by atoms with Gasteiger partial charge < -0.3 is 0 Å². The molecule has 1 fully saturated rings. The Labute approximate surface area is 114 Å². The molecular formula is C14H12N2S2. The van der Waals surface area contributed by atoms with Crippen LogP contribution in [0.25, 0.3) is 11.1 Å². The van der Waals surface area contributed by atoms with E-state index in [1.54, 1.807) is 22.7 Å². The molecule has 4 rings (SSSR count). The molecule has 2 aliphatic rings. The molecule has 0 amide bonds. The summed E-state index contributed by atoms with van der Waals surface area (Å²) in [4.78, 5) is 8.92. The van der Waals surface area contributed by atoms with Crippen LogP contribution in [0.5, 0.6) is 0 Å². The second-order valence-corrected chi connectivity index (χ2v) is 6.47. The van der Waals surface area contributed by atoms with E-state index in [1.165, 1.54) is 27.6 Å². The van der Waals surface area contributed by atoms with E-state index in [4.69, 9.17) is 0 Å². The van der Waals surface area contributed by atoms with E-state index in [9.17, 15) is 0 Å². The zero-order valence-electron chi connectivity index (χ0n) is 9.74. The standard InChI is InChI=1S/C14H12N2S2/c1-2-9(13-15-4-6-17-13)11-8-12(11)10(3-1)14-16-5-7-18-14/h2-7,11-12H,1,8H2/t11-,12+. The normalized spacial score (nSPS) is 26.0. The van der Waals surface area contributed by atoms with Crippen molar-refractivity contribution < 1.29 is 0 Å². The minimum atomic E-state index is 0.675. The molecule has 2 aliphatic carbocycles. The SMILES string of the molecule is C1=C(c2nccs2)[C@H]2C[C@H]2C(c2nccs2)=CC1. The summed E-state index contributed by atoms with van der Waals surface area (Å²) < 4.78 is 0. The van der Waals surface area contributed by atoms with Crippen molar-refractivity contribution >= 4 is 33.8 Å². The first-order valence-electron chi connectivity index (χ1n) is 6.13. The predicted molar refractivity (Wildman–Crippen MR) is 76.4 cm³/mol. The van der Waals surface area contributed by atoms with Crippen molar-refractivity contribution in [2.75, 3.05) is 0 Å². The van der Waals surface area contributed by atoms with Gasteiger partial charge in [0.2, 0.25) is 0 Å². The summed E-state index contributed by atoms with van der Waals surface area (Å²) in [6, 6.07) is 0. The minimum Gasteiger partial charge on any atom is -0.245 e. The maximum Gasteiger partial charge on any atom is 0.119 e. The van der Waals surface area contributed by atoms with Gasteiger partial charge in [0.1, 0.15) is 10.0 Å². The molecule has 2 aromatic heterocycles. The van der Waals surface area contributed by atoms with Crippen LogP contribution < -0.4 is 0 Å². The van der Waals surface area contributed by atoms with Gasteiger partial charge >= 0.3 is 0 Å². The van der Waals surface area contributed by atoms with Crippen LogP contribution in [0, 0.1) is 11.8 Å². The van der Waals surface area contributed by atoms with Crippen molar-refractivity contribution in [3.05, 3.63) is 45.3 Å². The largest absolute Gasteiger partial charge is 0.245 e. The Balaban J connectivity index is 1.66. The average molecular weight is 272 g/mol. The monoisotopic (exact) mass is 272 g/mol. The van der Waals surface area contributed by atoms with Crippen LogP contribution in [-0.4, -0.2) is 9.97 Å². The Kier molecular flexibility index (Phi) is 2.45. The van der Waals surface area contributed by atoms with Crippen molar-refractivity contribution in [2.24, 2.45) is 11.8 Å². The van der Waals surface area contributed by atoms with Crippen LogP contribution in [0.1, 0.15) is 22.9 Å². The number of nitrogens with zero attached hydrogens (tertiary/aromatic N) is 2. The first kappa shape index (κ1) is 10.6. The summed E-state index contributed by atoms with van der Waals surface area (Å²) in [5.41, 5.74) is 2.91. The lowest BCUT2D eigenvalue weighted by molar-refractivity contribution is 1.03. The molecule has 2 nitrogen and oxygen atoms in total. The van der Waals surface area contributed by atoms with Crippen LogP contribution in [0.3, 0.4) is 0 Å². The van der Waals surface area contributed by atoms with Crippen LogP contribution in [0.4, 0.5) is 0 Å². The van der Waals surface area contributed by atoms with Crippen molar-refractivity contribution in [3.8, 4) is 0 Å². The van der Waals surface area contributed by atoms with E-state index in [0.717, 1.165) is 6.42 Å². The molecule has 0 N–H and O–H groups in total. The molecule has 0 spiro atoms. The second-order valence-electron chi connectivity index (χ2n) is 4.68. The third-order valence-corrected chi connectivity index (χ3v) is 5.27. The highest BCUT2D eigenvalue weighted by Gasteiger charge is 2.44. The third kappa shape index (κ3) is 1.68. The number of fused-ring (bicyclic) bond motifs is 1. The average Bonchev–Trinajstić information content (AvgIpc) is 2.81. The fourth-order valence-electron chi connectivity index (χ4n) is 2.72. The molecule has 0 bridgehead atoms. The van der Waals surface area contributed by atoms with Crippen LogP contribution in [0.15, 0.2) is 35.3 Å². The topological polar surface area (TPSA) is 25.8 Å². The Morgan fingerprint density at radius 2 is 1.44 bits per heavy atom. The highest BCUT2D eigenvalue weighted by atomic mass is 32.1. The Hall–Kier alpha value is -1.26. The van der Waals surface area contributed by atoms with E-state index in [-0.39, 0.29) is 0 Å². The van der Waals surface area contributed by atoms with E-state index >= 15 is 0 Å². The summed E-state index contributed by atoms with van der Waals surface area (Å²) >= 11 is 3.50. The molecule has 0 aliphatic heterocycles. The molecular weight excluding hydrogens is 260 g/mol. The summed E-state index contributed by atoms with van der Waals surface area (Å²) in [6.45, 7) is 0. The summed E-state index contributed by atoms with van der Waals surface area (Å²) in [5, 5.41) is 6.54. The number of aromatic nitrogens is 2. The maximum atomic E-state index is 4.46. The van der Waals surface area contributed by atoms with Gasteiger partial charge in [-0.3, -0.25) is 0 Å². The first-order valence-corrected chi connectivity index (χ1v) is 7.89. The second kappa shape index (κ2) is 4.14. The lowest BCUT2D eigenvalue weighted by atomic mass is 10.1. The van der Waals surface area contributed by atoms with Crippen LogP contribution in [0.2, 0.25) is 0 Å². The molecule has 0 radical (unpaired) electrons. The molecule has 0 unspecified atom stereocenters. The highest BCUT2D eigenvalue weighted by molar-refractivity contribution is 7.11. The summed E-state index contributed by atoms with van der Waals surface area (Å²) in [6.07, 6.45) is 10.8.